The molecule has 17 heavy (non-hydrogen) atoms. The van der Waals surface area contributed by atoms with E-state index in [0.29, 0.717) is 5.82 Å². The fraction of sp³-hybridized carbons (Fsp3) is 0.231. The molecule has 2 N–H and O–H groups in total. The Kier molecular flexibility index (Phi) is 3.23. The van der Waals surface area contributed by atoms with Crippen molar-refractivity contribution in [2.45, 2.75) is 19.8 Å². The maximum atomic E-state index is 12.0. The van der Waals surface area contributed by atoms with E-state index in [1.54, 1.807) is 6.07 Å². The van der Waals surface area contributed by atoms with Gasteiger partial charge in [0, 0.05) is 11.8 Å². The largest absolute Gasteiger partial charge is 0.309 e. The molecule has 1 aromatic heterocycles. The number of carbonyl (C=O) groups is 1. The first-order valence-electron chi connectivity index (χ1n) is 5.54. The van der Waals surface area contributed by atoms with Crippen molar-refractivity contribution in [3.63, 3.8) is 0 Å². The number of nitrogens with zero attached hydrogens (tertiary/aromatic N) is 1. The van der Waals surface area contributed by atoms with Gasteiger partial charge in [-0.25, -0.2) is 0 Å². The Labute approximate surface area is 100 Å². The standard InChI is InChI=1S/C13H15N3O/c1-9-8-12(16-15-9)14-13(17)10(2)11-6-4-3-5-7-11/h3-8,10H,1-2H3,(H2,14,15,16,17)/t10-/m0/s1. The first-order chi connectivity index (χ1) is 8.16. The topological polar surface area (TPSA) is 57.8 Å². The van der Waals surface area contributed by atoms with Crippen LogP contribution in [0, 0.1) is 6.92 Å². The van der Waals surface area contributed by atoms with Crippen LogP contribution in [0.3, 0.4) is 0 Å². The van der Waals surface area contributed by atoms with Crippen LogP contribution in [0.4, 0.5) is 5.82 Å². The SMILES string of the molecule is Cc1cc(NC(=O)[C@@H](C)c2ccccc2)n[nH]1. The van der Waals surface area contributed by atoms with E-state index in [9.17, 15) is 4.79 Å². The number of carbonyl (C=O) groups excluding carboxylic acids is 1. The Morgan fingerprint density at radius 2 is 2.06 bits per heavy atom. The van der Waals surface area contributed by atoms with Gasteiger partial charge in [-0.05, 0) is 19.4 Å². The molecular formula is C13H15N3O. The number of benzene rings is 1. The van der Waals surface area contributed by atoms with Crippen molar-refractivity contribution in [3.05, 3.63) is 47.7 Å². The number of H-pyrrole nitrogens is 1. The molecule has 2 aromatic rings. The van der Waals surface area contributed by atoms with Crippen molar-refractivity contribution in [2.24, 2.45) is 0 Å². The van der Waals surface area contributed by atoms with Crippen LogP contribution >= 0.6 is 0 Å². The summed E-state index contributed by atoms with van der Waals surface area (Å²) in [6, 6.07) is 11.5. The number of hydrogen-bond acceptors (Lipinski definition) is 2. The monoisotopic (exact) mass is 229 g/mol. The summed E-state index contributed by atoms with van der Waals surface area (Å²) in [5, 5.41) is 9.54. The van der Waals surface area contributed by atoms with Crippen LogP contribution in [0.2, 0.25) is 0 Å². The molecule has 0 unspecified atom stereocenters. The van der Waals surface area contributed by atoms with Crippen LogP contribution in [0.5, 0.6) is 0 Å². The Balaban J connectivity index is 2.06. The number of amides is 1. The van der Waals surface area contributed by atoms with Gasteiger partial charge < -0.3 is 5.32 Å². The molecule has 1 amide bonds. The van der Waals surface area contributed by atoms with Gasteiger partial charge in [-0.3, -0.25) is 9.89 Å². The first kappa shape index (κ1) is 11.4. The third kappa shape index (κ3) is 2.72. The summed E-state index contributed by atoms with van der Waals surface area (Å²) >= 11 is 0. The Morgan fingerprint density at radius 3 is 2.65 bits per heavy atom. The molecule has 0 saturated heterocycles. The van der Waals surface area contributed by atoms with Crippen LogP contribution in [0.15, 0.2) is 36.4 Å². The quantitative estimate of drug-likeness (QED) is 0.849. The average molecular weight is 229 g/mol. The minimum absolute atomic E-state index is 0.0531. The molecule has 0 aliphatic heterocycles. The molecule has 4 heteroatoms. The van der Waals surface area contributed by atoms with Crippen LogP contribution in [-0.2, 0) is 4.79 Å². The van der Waals surface area contributed by atoms with Crippen LogP contribution in [0.25, 0.3) is 0 Å². The molecule has 1 atom stereocenters. The van der Waals surface area contributed by atoms with Gasteiger partial charge in [0.2, 0.25) is 5.91 Å². The predicted molar refractivity (Wildman–Crippen MR) is 66.8 cm³/mol. The molecule has 0 saturated carbocycles. The van der Waals surface area contributed by atoms with Crippen LogP contribution in [-0.4, -0.2) is 16.1 Å². The Bertz CT molecular complexity index is 504. The van der Waals surface area contributed by atoms with Crippen molar-refractivity contribution in [1.29, 1.82) is 0 Å². The Morgan fingerprint density at radius 1 is 1.35 bits per heavy atom. The number of hydrogen-bond donors (Lipinski definition) is 2. The van der Waals surface area contributed by atoms with Gasteiger partial charge in [0.1, 0.15) is 0 Å². The van der Waals surface area contributed by atoms with Gasteiger partial charge >= 0.3 is 0 Å². The summed E-state index contributed by atoms with van der Waals surface area (Å²) in [5.41, 5.74) is 1.92. The first-order valence-corrected chi connectivity index (χ1v) is 5.54. The summed E-state index contributed by atoms with van der Waals surface area (Å²) in [5.74, 6) is 0.325. The molecule has 0 aliphatic rings. The second kappa shape index (κ2) is 4.82. The minimum Gasteiger partial charge on any atom is -0.309 e. The van der Waals surface area contributed by atoms with E-state index in [0.717, 1.165) is 11.3 Å². The summed E-state index contributed by atoms with van der Waals surface area (Å²) in [6.07, 6.45) is 0. The van der Waals surface area contributed by atoms with Crippen molar-refractivity contribution in [3.8, 4) is 0 Å². The number of nitrogens with one attached hydrogen (secondary N) is 2. The second-order valence-electron chi connectivity index (χ2n) is 4.06. The summed E-state index contributed by atoms with van der Waals surface area (Å²) in [6.45, 7) is 3.77. The molecule has 0 aliphatic carbocycles. The van der Waals surface area contributed by atoms with Gasteiger partial charge in [0.25, 0.3) is 0 Å². The van der Waals surface area contributed by atoms with Crippen LogP contribution < -0.4 is 5.32 Å². The highest BCUT2D eigenvalue weighted by molar-refractivity contribution is 5.94. The molecule has 0 spiro atoms. The molecule has 2 rings (SSSR count). The highest BCUT2D eigenvalue weighted by Crippen LogP contribution is 2.16. The fourth-order valence-corrected chi connectivity index (χ4v) is 1.61. The predicted octanol–water partition coefficient (Wildman–Crippen LogP) is 2.46. The zero-order valence-corrected chi connectivity index (χ0v) is 9.90. The van der Waals surface area contributed by atoms with Gasteiger partial charge in [-0.1, -0.05) is 30.3 Å². The zero-order valence-electron chi connectivity index (χ0n) is 9.90. The summed E-state index contributed by atoms with van der Waals surface area (Å²) < 4.78 is 0. The Hall–Kier alpha value is -2.10. The van der Waals surface area contributed by atoms with E-state index in [4.69, 9.17) is 0 Å². The maximum absolute atomic E-state index is 12.0. The van der Waals surface area contributed by atoms with Crippen molar-refractivity contribution >= 4 is 11.7 Å². The van der Waals surface area contributed by atoms with E-state index < -0.39 is 0 Å². The van der Waals surface area contributed by atoms with Gasteiger partial charge in [0.05, 0.1) is 5.92 Å². The number of aromatic amines is 1. The van der Waals surface area contributed by atoms with Gasteiger partial charge in [-0.15, -0.1) is 0 Å². The third-order valence-corrected chi connectivity index (χ3v) is 2.65. The maximum Gasteiger partial charge on any atom is 0.232 e. The van der Waals surface area contributed by atoms with E-state index in [-0.39, 0.29) is 11.8 Å². The lowest BCUT2D eigenvalue weighted by atomic mass is 10.0. The lowest BCUT2D eigenvalue weighted by Gasteiger charge is -2.10. The fourth-order valence-electron chi connectivity index (χ4n) is 1.61. The summed E-state index contributed by atoms with van der Waals surface area (Å²) in [4.78, 5) is 12.0. The molecule has 1 heterocycles. The highest BCUT2D eigenvalue weighted by atomic mass is 16.1. The normalized spacial score (nSPS) is 12.1. The van der Waals surface area contributed by atoms with E-state index >= 15 is 0 Å². The average Bonchev–Trinajstić information content (AvgIpc) is 2.75. The highest BCUT2D eigenvalue weighted by Gasteiger charge is 2.15. The number of aryl methyl sites for hydroxylation is 1. The smallest absolute Gasteiger partial charge is 0.232 e. The number of aromatic nitrogens is 2. The number of anilines is 1. The molecule has 0 fully saturated rings. The lowest BCUT2D eigenvalue weighted by Crippen LogP contribution is -2.18. The number of rotatable bonds is 3. The van der Waals surface area contributed by atoms with Crippen LogP contribution in [0.1, 0.15) is 24.1 Å². The minimum atomic E-state index is -0.187. The molecule has 1 aromatic carbocycles. The second-order valence-corrected chi connectivity index (χ2v) is 4.06. The molecule has 4 nitrogen and oxygen atoms in total. The van der Waals surface area contributed by atoms with Gasteiger partial charge in [0.15, 0.2) is 5.82 Å². The van der Waals surface area contributed by atoms with E-state index in [2.05, 4.69) is 15.5 Å². The van der Waals surface area contributed by atoms with E-state index in [1.165, 1.54) is 0 Å². The molecule has 0 bridgehead atoms. The van der Waals surface area contributed by atoms with Crippen molar-refractivity contribution in [1.82, 2.24) is 10.2 Å². The molecular weight excluding hydrogens is 214 g/mol. The third-order valence-electron chi connectivity index (χ3n) is 2.65. The van der Waals surface area contributed by atoms with Crippen molar-refractivity contribution in [2.75, 3.05) is 5.32 Å². The summed E-state index contributed by atoms with van der Waals surface area (Å²) in [7, 11) is 0. The molecule has 0 radical (unpaired) electrons. The molecule has 88 valence electrons. The van der Waals surface area contributed by atoms with E-state index in [1.807, 2.05) is 44.2 Å². The van der Waals surface area contributed by atoms with Gasteiger partial charge in [-0.2, -0.15) is 5.10 Å². The van der Waals surface area contributed by atoms with Crippen molar-refractivity contribution < 1.29 is 4.79 Å². The zero-order chi connectivity index (χ0) is 12.3. The lowest BCUT2D eigenvalue weighted by molar-refractivity contribution is -0.117.